The van der Waals surface area contributed by atoms with Gasteiger partial charge in [-0.25, -0.2) is 4.39 Å². The molecule has 29 heavy (non-hydrogen) atoms. The Kier molecular flexibility index (Phi) is 5.59. The Bertz CT molecular complexity index is 857. The number of carbonyl (C=O) groups excluding carboxylic acids is 1. The van der Waals surface area contributed by atoms with E-state index in [9.17, 15) is 9.18 Å². The second kappa shape index (κ2) is 8.15. The van der Waals surface area contributed by atoms with Crippen LogP contribution in [0, 0.1) is 5.82 Å². The van der Waals surface area contributed by atoms with E-state index in [1.54, 1.807) is 4.90 Å². The Morgan fingerprint density at radius 2 is 1.83 bits per heavy atom. The van der Waals surface area contributed by atoms with E-state index in [2.05, 4.69) is 11.0 Å². The van der Waals surface area contributed by atoms with Crippen LogP contribution in [0.4, 0.5) is 4.39 Å². The largest absolute Gasteiger partial charge is 0.487 e. The number of fused-ring (bicyclic) bond motifs is 1. The Labute approximate surface area is 172 Å². The van der Waals surface area contributed by atoms with Crippen molar-refractivity contribution >= 4 is 5.91 Å². The number of amides is 1. The van der Waals surface area contributed by atoms with Crippen LogP contribution in [0.15, 0.2) is 48.5 Å². The molecule has 154 valence electrons. The zero-order chi connectivity index (χ0) is 20.4. The van der Waals surface area contributed by atoms with E-state index in [1.165, 1.54) is 12.1 Å². The first-order chi connectivity index (χ1) is 13.9. The third kappa shape index (κ3) is 4.45. The van der Waals surface area contributed by atoms with Gasteiger partial charge >= 0.3 is 0 Å². The highest BCUT2D eigenvalue weighted by Gasteiger charge is 2.43. The predicted molar refractivity (Wildman–Crippen MR) is 111 cm³/mol. The molecule has 0 saturated carbocycles. The number of para-hydroxylation sites is 1. The maximum Gasteiger partial charge on any atom is 0.222 e. The van der Waals surface area contributed by atoms with Crippen LogP contribution in [0.25, 0.3) is 0 Å². The average molecular weight is 397 g/mol. The number of ether oxygens (including phenoxy) is 1. The van der Waals surface area contributed by atoms with Gasteiger partial charge in [-0.1, -0.05) is 30.3 Å². The molecule has 0 aromatic heterocycles. The molecule has 1 spiro atoms. The number of benzene rings is 2. The van der Waals surface area contributed by atoms with Crippen LogP contribution in [-0.2, 0) is 11.3 Å². The second-order valence-corrected chi connectivity index (χ2v) is 8.62. The first-order valence-corrected chi connectivity index (χ1v) is 10.4. The average Bonchev–Trinajstić information content (AvgIpc) is 2.71. The Morgan fingerprint density at radius 3 is 2.52 bits per heavy atom. The zero-order valence-corrected chi connectivity index (χ0v) is 17.2. The van der Waals surface area contributed by atoms with Crippen LogP contribution in [-0.4, -0.2) is 48.5 Å². The molecular weight excluding hydrogens is 367 g/mol. The van der Waals surface area contributed by atoms with Crippen molar-refractivity contribution in [2.24, 2.45) is 0 Å². The quantitative estimate of drug-likeness (QED) is 0.776. The Balaban J connectivity index is 1.46. The summed E-state index contributed by atoms with van der Waals surface area (Å²) in [5.41, 5.74) is 2.08. The van der Waals surface area contributed by atoms with Crippen LogP contribution in [0.5, 0.6) is 5.75 Å². The maximum atomic E-state index is 13.1. The number of rotatable bonds is 4. The molecule has 1 amide bonds. The monoisotopic (exact) mass is 396 g/mol. The summed E-state index contributed by atoms with van der Waals surface area (Å²) in [4.78, 5) is 16.5. The van der Waals surface area contributed by atoms with Gasteiger partial charge in [0.15, 0.2) is 0 Å². The van der Waals surface area contributed by atoms with Crippen molar-refractivity contribution < 1.29 is 13.9 Å². The highest BCUT2D eigenvalue weighted by molar-refractivity contribution is 5.76. The predicted octanol–water partition coefficient (Wildman–Crippen LogP) is 4.20. The molecule has 0 aliphatic carbocycles. The fourth-order valence-corrected chi connectivity index (χ4v) is 4.59. The molecule has 2 heterocycles. The molecule has 4 nitrogen and oxygen atoms in total. The van der Waals surface area contributed by atoms with Crippen molar-refractivity contribution in [2.45, 2.75) is 43.7 Å². The lowest BCUT2D eigenvalue weighted by Gasteiger charge is -2.47. The normalized spacial score (nSPS) is 20.7. The standard InChI is InChI=1S/C24H29FN2O2/c1-26(2)23(28)15-19-16-24(29-22-6-4-3-5-21(19)22)11-13-27(14-12-24)17-18-7-9-20(25)10-8-18/h3-10,19H,11-17H2,1-2H3/t19-/m1/s1. The summed E-state index contributed by atoms with van der Waals surface area (Å²) in [6.45, 7) is 2.71. The smallest absolute Gasteiger partial charge is 0.222 e. The van der Waals surface area contributed by atoms with Gasteiger partial charge in [0, 0.05) is 46.1 Å². The van der Waals surface area contributed by atoms with Crippen LogP contribution >= 0.6 is 0 Å². The minimum absolute atomic E-state index is 0.163. The van der Waals surface area contributed by atoms with Gasteiger partial charge in [-0.05, 0) is 48.6 Å². The van der Waals surface area contributed by atoms with E-state index in [-0.39, 0.29) is 23.2 Å². The molecule has 5 heteroatoms. The molecule has 2 aromatic carbocycles. The molecule has 1 saturated heterocycles. The molecule has 2 aliphatic heterocycles. The zero-order valence-electron chi connectivity index (χ0n) is 17.2. The summed E-state index contributed by atoms with van der Waals surface area (Å²) in [7, 11) is 3.63. The number of carbonyl (C=O) groups is 1. The summed E-state index contributed by atoms with van der Waals surface area (Å²) in [5.74, 6) is 1.09. The fraction of sp³-hybridized carbons (Fsp3) is 0.458. The summed E-state index contributed by atoms with van der Waals surface area (Å²) in [6, 6.07) is 14.9. The number of hydrogen-bond donors (Lipinski definition) is 0. The molecule has 1 atom stereocenters. The summed E-state index contributed by atoms with van der Waals surface area (Å²) in [6.07, 6.45) is 3.28. The Morgan fingerprint density at radius 1 is 1.14 bits per heavy atom. The van der Waals surface area contributed by atoms with E-state index in [1.807, 2.05) is 44.4 Å². The first kappa shape index (κ1) is 19.9. The van der Waals surface area contributed by atoms with Crippen LogP contribution in [0.3, 0.4) is 0 Å². The third-order valence-electron chi connectivity index (χ3n) is 6.31. The van der Waals surface area contributed by atoms with E-state index >= 15 is 0 Å². The topological polar surface area (TPSA) is 32.8 Å². The van der Waals surface area contributed by atoms with Gasteiger partial charge in [0.25, 0.3) is 0 Å². The minimum atomic E-state index is -0.203. The molecule has 2 aromatic rings. The molecule has 0 bridgehead atoms. The van der Waals surface area contributed by atoms with Gasteiger partial charge in [-0.3, -0.25) is 9.69 Å². The molecule has 1 fully saturated rings. The highest BCUT2D eigenvalue weighted by Crippen LogP contribution is 2.46. The maximum absolute atomic E-state index is 13.1. The highest BCUT2D eigenvalue weighted by atomic mass is 19.1. The molecule has 0 N–H and O–H groups in total. The van der Waals surface area contributed by atoms with Crippen molar-refractivity contribution in [1.29, 1.82) is 0 Å². The summed E-state index contributed by atoms with van der Waals surface area (Å²) in [5, 5.41) is 0. The van der Waals surface area contributed by atoms with Crippen molar-refractivity contribution in [3.05, 3.63) is 65.5 Å². The van der Waals surface area contributed by atoms with E-state index < -0.39 is 0 Å². The number of halogens is 1. The van der Waals surface area contributed by atoms with Gasteiger partial charge in [0.05, 0.1) is 0 Å². The van der Waals surface area contributed by atoms with Gasteiger partial charge in [0.2, 0.25) is 5.91 Å². The van der Waals surface area contributed by atoms with Crippen molar-refractivity contribution in [1.82, 2.24) is 9.80 Å². The van der Waals surface area contributed by atoms with E-state index in [4.69, 9.17) is 4.74 Å². The molecule has 2 aliphatic rings. The Hall–Kier alpha value is -2.40. The molecule has 4 rings (SSSR count). The number of nitrogens with zero attached hydrogens (tertiary/aromatic N) is 2. The molecule has 0 unspecified atom stereocenters. The van der Waals surface area contributed by atoms with E-state index in [0.717, 1.165) is 55.8 Å². The van der Waals surface area contributed by atoms with Gasteiger partial charge in [-0.2, -0.15) is 0 Å². The number of piperidine rings is 1. The van der Waals surface area contributed by atoms with Crippen molar-refractivity contribution in [3.63, 3.8) is 0 Å². The van der Waals surface area contributed by atoms with Crippen LogP contribution in [0.2, 0.25) is 0 Å². The molecular formula is C24H29FN2O2. The van der Waals surface area contributed by atoms with Gasteiger partial charge in [-0.15, -0.1) is 0 Å². The van der Waals surface area contributed by atoms with E-state index in [0.29, 0.717) is 6.42 Å². The fourth-order valence-electron chi connectivity index (χ4n) is 4.59. The van der Waals surface area contributed by atoms with Gasteiger partial charge in [0.1, 0.15) is 17.2 Å². The van der Waals surface area contributed by atoms with Crippen molar-refractivity contribution in [3.8, 4) is 5.75 Å². The summed E-state index contributed by atoms with van der Waals surface area (Å²) < 4.78 is 19.7. The number of hydrogen-bond acceptors (Lipinski definition) is 3. The lowest BCUT2D eigenvalue weighted by molar-refractivity contribution is -0.129. The first-order valence-electron chi connectivity index (χ1n) is 10.4. The minimum Gasteiger partial charge on any atom is -0.487 e. The SMILES string of the molecule is CN(C)C(=O)C[C@@H]1CC2(CCN(Cc3ccc(F)cc3)CC2)Oc2ccccc21. The second-order valence-electron chi connectivity index (χ2n) is 8.62. The van der Waals surface area contributed by atoms with Crippen molar-refractivity contribution in [2.75, 3.05) is 27.2 Å². The molecule has 0 radical (unpaired) electrons. The van der Waals surface area contributed by atoms with Crippen LogP contribution in [0.1, 0.15) is 42.7 Å². The third-order valence-corrected chi connectivity index (χ3v) is 6.31. The number of likely N-dealkylation sites (tertiary alicyclic amines) is 1. The lowest BCUT2D eigenvalue weighted by atomic mass is 9.76. The van der Waals surface area contributed by atoms with Gasteiger partial charge < -0.3 is 9.64 Å². The van der Waals surface area contributed by atoms with Crippen LogP contribution < -0.4 is 4.74 Å². The lowest BCUT2D eigenvalue weighted by Crippen LogP contribution is -2.50. The summed E-state index contributed by atoms with van der Waals surface area (Å²) >= 11 is 0.